The predicted molar refractivity (Wildman–Crippen MR) is 55.8 cm³/mol. The van der Waals surface area contributed by atoms with Crippen LogP contribution in [-0.2, 0) is 9.53 Å². The molecule has 4 N–H and O–H groups in total. The molecular weight excluding hydrogens is 182 g/mol. The molecular formula is C9H21N3O2. The van der Waals surface area contributed by atoms with Crippen LogP contribution < -0.4 is 11.5 Å². The monoisotopic (exact) mass is 203 g/mol. The van der Waals surface area contributed by atoms with Gasteiger partial charge in [-0.25, -0.2) is 0 Å². The number of primary amides is 1. The SMILES string of the molecule is COCCN(CCCN)CCC(N)=O. The Morgan fingerprint density at radius 3 is 2.57 bits per heavy atom. The highest BCUT2D eigenvalue weighted by molar-refractivity contribution is 5.73. The summed E-state index contributed by atoms with van der Waals surface area (Å²) in [6.45, 7) is 3.75. The van der Waals surface area contributed by atoms with Gasteiger partial charge in [-0.2, -0.15) is 0 Å². The van der Waals surface area contributed by atoms with Crippen LogP contribution in [0.25, 0.3) is 0 Å². The first-order chi connectivity index (χ1) is 6.70. The first-order valence-corrected chi connectivity index (χ1v) is 4.90. The summed E-state index contributed by atoms with van der Waals surface area (Å²) in [4.78, 5) is 12.7. The second-order valence-corrected chi connectivity index (χ2v) is 3.19. The molecule has 0 radical (unpaired) electrons. The van der Waals surface area contributed by atoms with Crippen LogP contribution in [-0.4, -0.2) is 50.7 Å². The van der Waals surface area contributed by atoms with Crippen LogP contribution in [0.5, 0.6) is 0 Å². The lowest BCUT2D eigenvalue weighted by Gasteiger charge is -2.20. The Morgan fingerprint density at radius 1 is 1.36 bits per heavy atom. The van der Waals surface area contributed by atoms with Gasteiger partial charge in [0.15, 0.2) is 0 Å². The van der Waals surface area contributed by atoms with Gasteiger partial charge in [-0.3, -0.25) is 4.79 Å². The Hall–Kier alpha value is -0.650. The Labute approximate surface area is 85.4 Å². The van der Waals surface area contributed by atoms with Crippen molar-refractivity contribution >= 4 is 5.91 Å². The average Bonchev–Trinajstić information content (AvgIpc) is 2.16. The maximum Gasteiger partial charge on any atom is 0.218 e. The van der Waals surface area contributed by atoms with Gasteiger partial charge in [0.2, 0.25) is 5.91 Å². The van der Waals surface area contributed by atoms with Crippen LogP contribution in [0.1, 0.15) is 12.8 Å². The number of hydrogen-bond acceptors (Lipinski definition) is 4. The highest BCUT2D eigenvalue weighted by Gasteiger charge is 2.05. The maximum absolute atomic E-state index is 10.6. The van der Waals surface area contributed by atoms with Gasteiger partial charge in [0.25, 0.3) is 0 Å². The predicted octanol–water partition coefficient (Wildman–Crippen LogP) is -0.841. The van der Waals surface area contributed by atoms with Crippen molar-refractivity contribution in [1.29, 1.82) is 0 Å². The van der Waals surface area contributed by atoms with Gasteiger partial charge in [0, 0.05) is 26.6 Å². The van der Waals surface area contributed by atoms with E-state index in [0.717, 1.165) is 19.5 Å². The molecule has 0 fully saturated rings. The minimum Gasteiger partial charge on any atom is -0.383 e. The Kier molecular flexibility index (Phi) is 8.51. The number of methoxy groups -OCH3 is 1. The third-order valence-electron chi connectivity index (χ3n) is 1.96. The number of nitrogens with two attached hydrogens (primary N) is 2. The number of rotatable bonds is 9. The van der Waals surface area contributed by atoms with E-state index in [-0.39, 0.29) is 5.91 Å². The average molecular weight is 203 g/mol. The van der Waals surface area contributed by atoms with Crippen molar-refractivity contribution in [3.8, 4) is 0 Å². The molecule has 84 valence electrons. The number of amides is 1. The second kappa shape index (κ2) is 8.93. The lowest BCUT2D eigenvalue weighted by atomic mass is 10.3. The molecule has 0 aromatic rings. The molecule has 5 heteroatoms. The zero-order valence-electron chi connectivity index (χ0n) is 8.87. The van der Waals surface area contributed by atoms with Crippen molar-refractivity contribution in [3.63, 3.8) is 0 Å². The largest absolute Gasteiger partial charge is 0.383 e. The zero-order chi connectivity index (χ0) is 10.8. The van der Waals surface area contributed by atoms with Crippen molar-refractivity contribution in [3.05, 3.63) is 0 Å². The molecule has 0 bridgehead atoms. The van der Waals surface area contributed by atoms with Crippen molar-refractivity contribution in [2.75, 3.05) is 39.9 Å². The number of carbonyl (C=O) groups is 1. The Morgan fingerprint density at radius 2 is 2.07 bits per heavy atom. The van der Waals surface area contributed by atoms with E-state index in [1.54, 1.807) is 7.11 Å². The topological polar surface area (TPSA) is 81.6 Å². The third-order valence-corrected chi connectivity index (χ3v) is 1.96. The van der Waals surface area contributed by atoms with E-state index < -0.39 is 0 Å². The Bertz CT molecular complexity index is 145. The van der Waals surface area contributed by atoms with Crippen LogP contribution in [0.3, 0.4) is 0 Å². The van der Waals surface area contributed by atoms with Gasteiger partial charge in [0.05, 0.1) is 6.61 Å². The molecule has 0 aromatic heterocycles. The molecule has 0 spiro atoms. The quantitative estimate of drug-likeness (QED) is 0.512. The molecule has 0 rings (SSSR count). The standard InChI is InChI=1S/C9H21N3O2/c1-14-8-7-12(5-2-4-10)6-3-9(11)13/h2-8,10H2,1H3,(H2,11,13). The lowest BCUT2D eigenvalue weighted by Crippen LogP contribution is -2.32. The molecule has 0 aliphatic carbocycles. The van der Waals surface area contributed by atoms with Crippen LogP contribution in [0.15, 0.2) is 0 Å². The van der Waals surface area contributed by atoms with Crippen LogP contribution in [0.4, 0.5) is 0 Å². The van der Waals surface area contributed by atoms with Gasteiger partial charge in [-0.05, 0) is 19.5 Å². The van der Waals surface area contributed by atoms with Gasteiger partial charge in [-0.15, -0.1) is 0 Å². The maximum atomic E-state index is 10.6. The van der Waals surface area contributed by atoms with Crippen molar-refractivity contribution in [2.45, 2.75) is 12.8 Å². The first kappa shape index (κ1) is 13.4. The highest BCUT2D eigenvalue weighted by Crippen LogP contribution is 1.93. The molecule has 1 amide bonds. The van der Waals surface area contributed by atoms with Gasteiger partial charge >= 0.3 is 0 Å². The fraction of sp³-hybridized carbons (Fsp3) is 0.889. The summed E-state index contributed by atoms with van der Waals surface area (Å²) in [5.74, 6) is -0.264. The summed E-state index contributed by atoms with van der Waals surface area (Å²) in [6.07, 6.45) is 1.33. The molecule has 0 saturated heterocycles. The molecule has 5 nitrogen and oxygen atoms in total. The number of hydrogen-bond donors (Lipinski definition) is 2. The molecule has 0 atom stereocenters. The molecule has 0 heterocycles. The number of ether oxygens (including phenoxy) is 1. The van der Waals surface area contributed by atoms with E-state index in [0.29, 0.717) is 26.1 Å². The van der Waals surface area contributed by atoms with Crippen molar-refractivity contribution < 1.29 is 9.53 Å². The van der Waals surface area contributed by atoms with Gasteiger partial charge in [0.1, 0.15) is 0 Å². The van der Waals surface area contributed by atoms with E-state index in [9.17, 15) is 4.79 Å². The highest BCUT2D eigenvalue weighted by atomic mass is 16.5. The first-order valence-electron chi connectivity index (χ1n) is 4.90. The number of carbonyl (C=O) groups excluding carboxylic acids is 1. The molecule has 0 aromatic carbocycles. The smallest absolute Gasteiger partial charge is 0.218 e. The Balaban J connectivity index is 3.65. The van der Waals surface area contributed by atoms with E-state index in [4.69, 9.17) is 16.2 Å². The van der Waals surface area contributed by atoms with Gasteiger partial charge < -0.3 is 21.1 Å². The van der Waals surface area contributed by atoms with Crippen LogP contribution >= 0.6 is 0 Å². The van der Waals surface area contributed by atoms with E-state index in [1.807, 2.05) is 0 Å². The summed E-state index contributed by atoms with van der Waals surface area (Å²) >= 11 is 0. The normalized spacial score (nSPS) is 10.8. The lowest BCUT2D eigenvalue weighted by molar-refractivity contribution is -0.118. The van der Waals surface area contributed by atoms with Gasteiger partial charge in [-0.1, -0.05) is 0 Å². The van der Waals surface area contributed by atoms with Crippen molar-refractivity contribution in [2.24, 2.45) is 11.5 Å². The second-order valence-electron chi connectivity index (χ2n) is 3.19. The van der Waals surface area contributed by atoms with Crippen LogP contribution in [0, 0.1) is 0 Å². The molecule has 14 heavy (non-hydrogen) atoms. The summed E-state index contributed by atoms with van der Waals surface area (Å²) in [5.41, 5.74) is 10.5. The summed E-state index contributed by atoms with van der Waals surface area (Å²) in [6, 6.07) is 0. The molecule has 0 aliphatic rings. The fourth-order valence-electron chi connectivity index (χ4n) is 1.14. The summed E-state index contributed by atoms with van der Waals surface area (Å²) < 4.78 is 4.97. The molecule has 0 saturated carbocycles. The third kappa shape index (κ3) is 7.97. The minimum absolute atomic E-state index is 0.264. The molecule has 0 aliphatic heterocycles. The van der Waals surface area contributed by atoms with E-state index in [2.05, 4.69) is 4.90 Å². The minimum atomic E-state index is -0.264. The van der Waals surface area contributed by atoms with Crippen molar-refractivity contribution in [1.82, 2.24) is 4.90 Å². The van der Waals surface area contributed by atoms with E-state index >= 15 is 0 Å². The fourth-order valence-corrected chi connectivity index (χ4v) is 1.14. The molecule has 0 unspecified atom stereocenters. The zero-order valence-corrected chi connectivity index (χ0v) is 8.87. The summed E-state index contributed by atoms with van der Waals surface area (Å²) in [7, 11) is 1.66. The van der Waals surface area contributed by atoms with E-state index in [1.165, 1.54) is 0 Å². The summed E-state index contributed by atoms with van der Waals surface area (Å²) in [5, 5.41) is 0. The van der Waals surface area contributed by atoms with Crippen LogP contribution in [0.2, 0.25) is 0 Å². The number of nitrogens with zero attached hydrogens (tertiary/aromatic N) is 1.